The maximum absolute atomic E-state index is 13.1. The van der Waals surface area contributed by atoms with Crippen LogP contribution in [0.2, 0.25) is 0 Å². The van der Waals surface area contributed by atoms with Gasteiger partial charge in [0.25, 0.3) is 5.91 Å². The van der Waals surface area contributed by atoms with Crippen LogP contribution in [0.5, 0.6) is 0 Å². The number of nitrogens with two attached hydrogens (primary N) is 1. The minimum Gasteiger partial charge on any atom is -0.365 e. The van der Waals surface area contributed by atoms with Gasteiger partial charge in [0.2, 0.25) is 5.91 Å². The van der Waals surface area contributed by atoms with Crippen LogP contribution in [-0.4, -0.2) is 17.1 Å². The number of carbonyl (C=O) groups is 2. The van der Waals surface area contributed by atoms with E-state index >= 15 is 0 Å². The van der Waals surface area contributed by atoms with Crippen LogP contribution < -0.4 is 10.6 Å². The molecule has 1 aliphatic rings. The first-order valence-corrected chi connectivity index (χ1v) is 9.84. The van der Waals surface area contributed by atoms with E-state index in [1.54, 1.807) is 12.1 Å². The number of nitrogens with zero attached hydrogens (tertiary/aromatic N) is 2. The van der Waals surface area contributed by atoms with Crippen molar-refractivity contribution in [2.75, 3.05) is 4.90 Å². The van der Waals surface area contributed by atoms with E-state index in [1.165, 1.54) is 16.7 Å². The van der Waals surface area contributed by atoms with Gasteiger partial charge in [0, 0.05) is 10.2 Å². The Kier molecular flexibility index (Phi) is 5.68. The Bertz CT molecular complexity index is 979. The number of hydrogen-bond acceptors (Lipinski definition) is 4. The fourth-order valence-corrected chi connectivity index (χ4v) is 4.57. The minimum absolute atomic E-state index is 0.173. The van der Waals surface area contributed by atoms with Gasteiger partial charge in [-0.05, 0) is 43.2 Å². The van der Waals surface area contributed by atoms with Crippen molar-refractivity contribution < 1.29 is 9.59 Å². The number of thioether (sulfide) groups is 1. The third-order valence-corrected chi connectivity index (χ3v) is 5.88. The molecule has 1 aliphatic heterocycles. The zero-order valence-electron chi connectivity index (χ0n) is 14.5. The molecule has 136 valence electrons. The van der Waals surface area contributed by atoms with E-state index in [-0.39, 0.29) is 11.5 Å². The smallest absolute Gasteiger partial charge is 0.262 e. The molecular formula is C20H16BrN3O2S. The number of anilines is 1. The fraction of sp³-hybridized carbons (Fsp3) is 0.150. The molecule has 27 heavy (non-hydrogen) atoms. The van der Waals surface area contributed by atoms with Gasteiger partial charge >= 0.3 is 0 Å². The lowest BCUT2D eigenvalue weighted by Crippen LogP contribution is -2.31. The topological polar surface area (TPSA) is 87.2 Å². The second-order valence-corrected chi connectivity index (χ2v) is 8.21. The molecular weight excluding hydrogens is 426 g/mol. The maximum atomic E-state index is 13.1. The van der Waals surface area contributed by atoms with E-state index in [0.717, 1.165) is 15.6 Å². The van der Waals surface area contributed by atoms with Crippen LogP contribution >= 0.6 is 27.7 Å². The van der Waals surface area contributed by atoms with E-state index in [9.17, 15) is 14.9 Å². The molecule has 2 aromatic carbocycles. The molecule has 1 saturated heterocycles. The largest absolute Gasteiger partial charge is 0.365 e. The van der Waals surface area contributed by atoms with Crippen LogP contribution in [0.4, 0.5) is 5.69 Å². The SMILES string of the molecule is Cc1ccc(N2C(=O)[C@H](Cc3cccc(Br)c3)S/C2=C(\C#N)C(N)=O)cc1. The summed E-state index contributed by atoms with van der Waals surface area (Å²) in [5.41, 5.74) is 7.82. The van der Waals surface area contributed by atoms with Gasteiger partial charge in [-0.15, -0.1) is 0 Å². The van der Waals surface area contributed by atoms with Crippen molar-refractivity contribution in [2.24, 2.45) is 5.73 Å². The Hall–Kier alpha value is -2.56. The van der Waals surface area contributed by atoms with E-state index in [2.05, 4.69) is 15.9 Å². The number of primary amides is 1. The Labute approximate surface area is 170 Å². The summed E-state index contributed by atoms with van der Waals surface area (Å²) in [4.78, 5) is 26.3. The molecule has 0 saturated carbocycles. The Morgan fingerprint density at radius 2 is 2.00 bits per heavy atom. The molecule has 2 amide bonds. The highest BCUT2D eigenvalue weighted by molar-refractivity contribution is 9.10. The fourth-order valence-electron chi connectivity index (χ4n) is 2.81. The second-order valence-electron chi connectivity index (χ2n) is 6.11. The summed E-state index contributed by atoms with van der Waals surface area (Å²) in [6, 6.07) is 16.9. The van der Waals surface area contributed by atoms with Crippen LogP contribution in [0.1, 0.15) is 11.1 Å². The molecule has 7 heteroatoms. The average molecular weight is 442 g/mol. The summed E-state index contributed by atoms with van der Waals surface area (Å²) in [5.74, 6) is -1.01. The van der Waals surface area contributed by atoms with Gasteiger partial charge in [-0.3, -0.25) is 14.5 Å². The summed E-state index contributed by atoms with van der Waals surface area (Å²) in [5, 5.41) is 9.24. The number of halogens is 1. The molecule has 2 aromatic rings. The molecule has 3 rings (SSSR count). The van der Waals surface area contributed by atoms with Crippen LogP contribution in [0, 0.1) is 18.3 Å². The molecule has 2 N–H and O–H groups in total. The quantitative estimate of drug-likeness (QED) is 0.578. The lowest BCUT2D eigenvalue weighted by atomic mass is 10.1. The van der Waals surface area contributed by atoms with E-state index in [1.807, 2.05) is 49.4 Å². The monoisotopic (exact) mass is 441 g/mol. The Balaban J connectivity index is 2.03. The van der Waals surface area contributed by atoms with Crippen LogP contribution in [0.15, 0.2) is 63.6 Å². The lowest BCUT2D eigenvalue weighted by molar-refractivity contribution is -0.117. The predicted octanol–water partition coefficient (Wildman–Crippen LogP) is 3.67. The molecule has 1 heterocycles. The number of benzene rings is 2. The summed E-state index contributed by atoms with van der Waals surface area (Å²) in [7, 11) is 0. The number of aryl methyl sites for hydroxylation is 1. The maximum Gasteiger partial charge on any atom is 0.262 e. The summed E-state index contributed by atoms with van der Waals surface area (Å²) in [6.07, 6.45) is 0.478. The molecule has 0 bridgehead atoms. The van der Waals surface area contributed by atoms with Crippen molar-refractivity contribution in [1.29, 1.82) is 5.26 Å². The molecule has 0 spiro atoms. The number of hydrogen-bond donors (Lipinski definition) is 1. The average Bonchev–Trinajstić information content (AvgIpc) is 2.92. The van der Waals surface area contributed by atoms with Crippen molar-refractivity contribution in [2.45, 2.75) is 18.6 Å². The van der Waals surface area contributed by atoms with Crippen molar-refractivity contribution in [3.63, 3.8) is 0 Å². The Morgan fingerprint density at radius 1 is 1.30 bits per heavy atom. The number of rotatable bonds is 4. The first-order chi connectivity index (χ1) is 12.9. The van der Waals surface area contributed by atoms with E-state index < -0.39 is 11.2 Å². The molecule has 1 atom stereocenters. The standard InChI is InChI=1S/C20H16BrN3O2S/c1-12-5-7-15(8-6-12)24-19(26)17(10-13-3-2-4-14(21)9-13)27-20(24)16(11-22)18(23)25/h2-9,17H,10H2,1H3,(H2,23,25)/b20-16+/t17-/m0/s1. The molecule has 5 nitrogen and oxygen atoms in total. The van der Waals surface area contributed by atoms with Gasteiger partial charge < -0.3 is 5.73 Å². The molecule has 0 unspecified atom stereocenters. The van der Waals surface area contributed by atoms with Gasteiger partial charge in [0.05, 0.1) is 5.25 Å². The van der Waals surface area contributed by atoms with Crippen molar-refractivity contribution >= 4 is 45.2 Å². The second kappa shape index (κ2) is 7.99. The highest BCUT2D eigenvalue weighted by atomic mass is 79.9. The number of amides is 2. The van der Waals surface area contributed by atoms with Gasteiger partial charge in [-0.25, -0.2) is 0 Å². The highest BCUT2D eigenvalue weighted by Gasteiger charge is 2.40. The van der Waals surface area contributed by atoms with Gasteiger partial charge in [0.15, 0.2) is 0 Å². The number of carbonyl (C=O) groups excluding carboxylic acids is 2. The van der Waals surface area contributed by atoms with Crippen LogP contribution in [-0.2, 0) is 16.0 Å². The normalized spacial score (nSPS) is 18.3. The van der Waals surface area contributed by atoms with Crippen LogP contribution in [0.25, 0.3) is 0 Å². The zero-order valence-corrected chi connectivity index (χ0v) is 16.9. The summed E-state index contributed by atoms with van der Waals surface area (Å²) < 4.78 is 0.927. The van der Waals surface area contributed by atoms with Gasteiger partial charge in [0.1, 0.15) is 16.7 Å². The van der Waals surface area contributed by atoms with E-state index in [4.69, 9.17) is 5.73 Å². The molecule has 1 fully saturated rings. The predicted molar refractivity (Wildman–Crippen MR) is 110 cm³/mol. The Morgan fingerprint density at radius 3 is 2.59 bits per heavy atom. The lowest BCUT2D eigenvalue weighted by Gasteiger charge is -2.18. The molecule has 0 aliphatic carbocycles. The third kappa shape index (κ3) is 4.07. The molecule has 0 aromatic heterocycles. The molecule has 0 radical (unpaired) electrons. The van der Waals surface area contributed by atoms with Crippen molar-refractivity contribution in [3.8, 4) is 6.07 Å². The summed E-state index contributed by atoms with van der Waals surface area (Å²) >= 11 is 4.64. The van der Waals surface area contributed by atoms with Gasteiger partial charge in [-0.2, -0.15) is 5.26 Å². The van der Waals surface area contributed by atoms with Crippen molar-refractivity contribution in [3.05, 3.63) is 74.7 Å². The third-order valence-electron chi connectivity index (χ3n) is 4.13. The van der Waals surface area contributed by atoms with Crippen LogP contribution in [0.3, 0.4) is 0 Å². The first-order valence-electron chi connectivity index (χ1n) is 8.16. The van der Waals surface area contributed by atoms with E-state index in [0.29, 0.717) is 17.1 Å². The summed E-state index contributed by atoms with van der Waals surface area (Å²) in [6.45, 7) is 1.95. The zero-order chi connectivity index (χ0) is 19.6. The first kappa shape index (κ1) is 19.2. The van der Waals surface area contributed by atoms with Crippen molar-refractivity contribution in [1.82, 2.24) is 0 Å². The highest BCUT2D eigenvalue weighted by Crippen LogP contribution is 2.41. The minimum atomic E-state index is -0.840. The van der Waals surface area contributed by atoms with Gasteiger partial charge in [-0.1, -0.05) is 57.5 Å². The number of nitriles is 1.